The summed E-state index contributed by atoms with van der Waals surface area (Å²) >= 11 is 0. The molecule has 1 atom stereocenters. The number of rotatable bonds is 7. The lowest BCUT2D eigenvalue weighted by Gasteiger charge is -2.33. The van der Waals surface area contributed by atoms with Gasteiger partial charge in [0.05, 0.1) is 13.5 Å². The Balaban J connectivity index is 1.44. The number of aromatic nitrogens is 1. The van der Waals surface area contributed by atoms with Crippen molar-refractivity contribution in [2.75, 3.05) is 32.5 Å². The summed E-state index contributed by atoms with van der Waals surface area (Å²) in [6.07, 6.45) is 4.39. The molecule has 0 bridgehead atoms. The van der Waals surface area contributed by atoms with E-state index in [2.05, 4.69) is 15.2 Å². The normalized spacial score (nSPS) is 17.4. The highest BCUT2D eigenvalue weighted by Gasteiger charge is 2.21. The lowest BCUT2D eigenvalue weighted by molar-refractivity contribution is -0.120. The summed E-state index contributed by atoms with van der Waals surface area (Å²) in [5.41, 5.74) is 8.02. The number of ether oxygens (including phenoxy) is 1. The molecule has 144 valence electrons. The molecule has 1 aromatic heterocycles. The number of hydrogen-bond donors (Lipinski definition) is 2. The Kier molecular flexibility index (Phi) is 6.65. The van der Waals surface area contributed by atoms with E-state index in [0.717, 1.165) is 49.4 Å². The van der Waals surface area contributed by atoms with Gasteiger partial charge in [0, 0.05) is 31.4 Å². The first-order chi connectivity index (χ1) is 13.1. The summed E-state index contributed by atoms with van der Waals surface area (Å²) in [6, 6.07) is 11.6. The number of anilines is 1. The Morgan fingerprint density at radius 1 is 1.33 bits per heavy atom. The average molecular weight is 368 g/mol. The molecule has 0 radical (unpaired) electrons. The predicted molar refractivity (Wildman–Crippen MR) is 106 cm³/mol. The lowest BCUT2D eigenvalue weighted by Crippen LogP contribution is -2.41. The van der Waals surface area contributed by atoms with Crippen molar-refractivity contribution in [3.05, 3.63) is 53.7 Å². The highest BCUT2D eigenvalue weighted by atomic mass is 16.5. The van der Waals surface area contributed by atoms with Crippen LogP contribution in [0.3, 0.4) is 0 Å². The number of nitrogens with zero attached hydrogens (tertiary/aromatic N) is 2. The standard InChI is InChI=1S/C21H28N4O2/c1-27-19-8-6-16(7-9-19)12-20(26)24-13-17-4-3-11-25(14-17)15-18-5-2-10-23-21(18)22/h2,5-10,17H,3-4,11-15H2,1H3,(H2,22,23)(H,24,26)/t17-/m1/s1. The van der Waals surface area contributed by atoms with Gasteiger partial charge in [0.2, 0.25) is 5.91 Å². The van der Waals surface area contributed by atoms with Gasteiger partial charge in [-0.15, -0.1) is 0 Å². The van der Waals surface area contributed by atoms with E-state index in [9.17, 15) is 4.79 Å². The van der Waals surface area contributed by atoms with Gasteiger partial charge >= 0.3 is 0 Å². The van der Waals surface area contributed by atoms with E-state index in [0.29, 0.717) is 24.7 Å². The van der Waals surface area contributed by atoms with Crippen molar-refractivity contribution >= 4 is 11.7 Å². The smallest absolute Gasteiger partial charge is 0.224 e. The van der Waals surface area contributed by atoms with Crippen LogP contribution < -0.4 is 15.8 Å². The van der Waals surface area contributed by atoms with Crippen molar-refractivity contribution < 1.29 is 9.53 Å². The first-order valence-electron chi connectivity index (χ1n) is 9.45. The fourth-order valence-corrected chi connectivity index (χ4v) is 3.54. The molecule has 2 heterocycles. The van der Waals surface area contributed by atoms with Crippen LogP contribution in [0.2, 0.25) is 0 Å². The number of nitrogens with one attached hydrogen (secondary N) is 1. The van der Waals surface area contributed by atoms with Gasteiger partial charge in [0.25, 0.3) is 0 Å². The van der Waals surface area contributed by atoms with Crippen LogP contribution in [-0.4, -0.2) is 42.5 Å². The highest BCUT2D eigenvalue weighted by molar-refractivity contribution is 5.78. The van der Waals surface area contributed by atoms with Crippen LogP contribution in [0.15, 0.2) is 42.6 Å². The van der Waals surface area contributed by atoms with E-state index in [1.54, 1.807) is 13.3 Å². The van der Waals surface area contributed by atoms with E-state index in [-0.39, 0.29) is 5.91 Å². The van der Waals surface area contributed by atoms with Gasteiger partial charge in [-0.05, 0) is 49.1 Å². The summed E-state index contributed by atoms with van der Waals surface area (Å²) in [6.45, 7) is 3.56. The minimum absolute atomic E-state index is 0.0637. The molecule has 1 saturated heterocycles. The molecule has 1 aliphatic heterocycles. The molecule has 0 spiro atoms. The summed E-state index contributed by atoms with van der Waals surface area (Å²) in [7, 11) is 1.64. The highest BCUT2D eigenvalue weighted by Crippen LogP contribution is 2.19. The van der Waals surface area contributed by atoms with Crippen LogP contribution >= 0.6 is 0 Å². The first-order valence-corrected chi connectivity index (χ1v) is 9.45. The quantitative estimate of drug-likeness (QED) is 0.783. The first kappa shape index (κ1) is 19.2. The molecule has 0 aliphatic carbocycles. The van der Waals surface area contributed by atoms with Gasteiger partial charge in [0.1, 0.15) is 11.6 Å². The molecule has 3 rings (SSSR count). The second-order valence-corrected chi connectivity index (χ2v) is 7.12. The van der Waals surface area contributed by atoms with Crippen LogP contribution in [0.1, 0.15) is 24.0 Å². The van der Waals surface area contributed by atoms with Crippen LogP contribution in [0.5, 0.6) is 5.75 Å². The number of pyridine rings is 1. The number of methoxy groups -OCH3 is 1. The molecular weight excluding hydrogens is 340 g/mol. The molecule has 0 saturated carbocycles. The number of amides is 1. The summed E-state index contributed by atoms with van der Waals surface area (Å²) in [5, 5.41) is 3.09. The number of benzene rings is 1. The number of carbonyl (C=O) groups excluding carboxylic acids is 1. The minimum atomic E-state index is 0.0637. The van der Waals surface area contributed by atoms with E-state index in [1.807, 2.05) is 36.4 Å². The van der Waals surface area contributed by atoms with Crippen molar-refractivity contribution in [2.45, 2.75) is 25.8 Å². The molecule has 2 aromatic rings. The molecular formula is C21H28N4O2. The lowest BCUT2D eigenvalue weighted by atomic mass is 9.97. The SMILES string of the molecule is COc1ccc(CC(=O)NC[C@H]2CCCN(Cc3cccnc3N)C2)cc1. The Bertz CT molecular complexity index is 748. The molecule has 1 fully saturated rings. The van der Waals surface area contributed by atoms with Crippen molar-refractivity contribution in [1.82, 2.24) is 15.2 Å². The van der Waals surface area contributed by atoms with Crippen molar-refractivity contribution in [3.63, 3.8) is 0 Å². The fourth-order valence-electron chi connectivity index (χ4n) is 3.54. The number of nitrogen functional groups attached to an aromatic ring is 1. The maximum absolute atomic E-state index is 12.2. The third-order valence-electron chi connectivity index (χ3n) is 5.03. The van der Waals surface area contributed by atoms with Crippen molar-refractivity contribution in [2.24, 2.45) is 5.92 Å². The number of carbonyl (C=O) groups is 1. The molecule has 3 N–H and O–H groups in total. The zero-order valence-corrected chi connectivity index (χ0v) is 15.9. The van der Waals surface area contributed by atoms with Gasteiger partial charge in [-0.3, -0.25) is 9.69 Å². The van der Waals surface area contributed by atoms with Crippen LogP contribution in [-0.2, 0) is 17.8 Å². The van der Waals surface area contributed by atoms with E-state index < -0.39 is 0 Å². The molecule has 0 unspecified atom stereocenters. The Hall–Kier alpha value is -2.60. The van der Waals surface area contributed by atoms with Gasteiger partial charge < -0.3 is 15.8 Å². The summed E-state index contributed by atoms with van der Waals surface area (Å²) in [4.78, 5) is 18.8. The number of nitrogens with two attached hydrogens (primary N) is 1. The summed E-state index contributed by atoms with van der Waals surface area (Å²) < 4.78 is 5.14. The monoisotopic (exact) mass is 368 g/mol. The van der Waals surface area contributed by atoms with Crippen LogP contribution in [0.25, 0.3) is 0 Å². The second kappa shape index (κ2) is 9.37. The molecule has 6 heteroatoms. The fraction of sp³-hybridized carbons (Fsp3) is 0.429. The Morgan fingerprint density at radius 2 is 2.15 bits per heavy atom. The molecule has 27 heavy (non-hydrogen) atoms. The van der Waals surface area contributed by atoms with Gasteiger partial charge in [-0.1, -0.05) is 18.2 Å². The van der Waals surface area contributed by atoms with Crippen LogP contribution in [0.4, 0.5) is 5.82 Å². The minimum Gasteiger partial charge on any atom is -0.497 e. The van der Waals surface area contributed by atoms with Gasteiger partial charge in [0.15, 0.2) is 0 Å². The third-order valence-corrected chi connectivity index (χ3v) is 5.03. The molecule has 1 amide bonds. The number of piperidine rings is 1. The maximum atomic E-state index is 12.2. The van der Waals surface area contributed by atoms with Crippen LogP contribution in [0, 0.1) is 5.92 Å². The molecule has 1 aliphatic rings. The van der Waals surface area contributed by atoms with E-state index in [1.165, 1.54) is 0 Å². The van der Waals surface area contributed by atoms with Gasteiger partial charge in [-0.2, -0.15) is 0 Å². The molecule has 1 aromatic carbocycles. The zero-order chi connectivity index (χ0) is 19.1. The predicted octanol–water partition coefficient (Wildman–Crippen LogP) is 2.24. The Labute approximate surface area is 160 Å². The third kappa shape index (κ3) is 5.69. The van der Waals surface area contributed by atoms with Crippen molar-refractivity contribution in [3.8, 4) is 5.75 Å². The van der Waals surface area contributed by atoms with Gasteiger partial charge in [-0.25, -0.2) is 4.98 Å². The number of hydrogen-bond acceptors (Lipinski definition) is 5. The average Bonchev–Trinajstić information content (AvgIpc) is 2.69. The second-order valence-electron chi connectivity index (χ2n) is 7.12. The maximum Gasteiger partial charge on any atom is 0.224 e. The zero-order valence-electron chi connectivity index (χ0n) is 15.9. The Morgan fingerprint density at radius 3 is 2.89 bits per heavy atom. The number of likely N-dealkylation sites (tertiary alicyclic amines) is 1. The van der Waals surface area contributed by atoms with E-state index >= 15 is 0 Å². The topological polar surface area (TPSA) is 80.5 Å². The van der Waals surface area contributed by atoms with E-state index in [4.69, 9.17) is 10.5 Å². The molecule has 6 nitrogen and oxygen atoms in total. The van der Waals surface area contributed by atoms with Crippen molar-refractivity contribution in [1.29, 1.82) is 0 Å². The largest absolute Gasteiger partial charge is 0.497 e. The summed E-state index contributed by atoms with van der Waals surface area (Å²) in [5.74, 6) is 1.94.